The minimum Gasteiger partial charge on any atom is -0.486 e. The minimum atomic E-state index is -0.699. The number of ether oxygens (including phenoxy) is 1. The van der Waals surface area contributed by atoms with Gasteiger partial charge in [0.05, 0.1) is 16.2 Å². The van der Waals surface area contributed by atoms with Crippen LogP contribution in [-0.2, 0) is 6.61 Å². The van der Waals surface area contributed by atoms with Gasteiger partial charge in [-0.25, -0.2) is 9.97 Å². The van der Waals surface area contributed by atoms with Crippen LogP contribution in [0.3, 0.4) is 0 Å². The Kier molecular flexibility index (Phi) is 5.10. The molecule has 0 radical (unpaired) electrons. The monoisotopic (exact) mass is 395 g/mol. The molecule has 2 N–H and O–H groups in total. The molecule has 0 amide bonds. The number of rotatable bonds is 6. The second kappa shape index (κ2) is 7.84. The first kappa shape index (κ1) is 18.2. The molecule has 0 saturated carbocycles. The van der Waals surface area contributed by atoms with E-state index in [1.165, 1.54) is 6.33 Å². The molecule has 4 aromatic rings. The molecule has 0 aliphatic rings. The number of nitrogens with one attached hydrogen (secondary N) is 1. The number of benzene rings is 1. The lowest BCUT2D eigenvalue weighted by Crippen LogP contribution is -2.05. The van der Waals surface area contributed by atoms with E-state index in [9.17, 15) is 5.11 Å². The van der Waals surface area contributed by atoms with Crippen LogP contribution in [0.15, 0.2) is 61.2 Å². The summed E-state index contributed by atoms with van der Waals surface area (Å²) in [6.45, 7) is 2.02. The first-order valence-corrected chi connectivity index (χ1v) is 9.08. The molecule has 7 nitrogen and oxygen atoms in total. The van der Waals surface area contributed by atoms with Crippen molar-refractivity contribution in [2.75, 3.05) is 5.32 Å². The standard InChI is InChI=1S/C20H18ClN5O2/c1-13(27)26-9-7-17-19(26)20(24-12-23-17)25-14-5-6-18(16(21)10-14)28-11-15-4-2-3-8-22-15/h2-10,12-13,27H,11H2,1H3,(H,23,24,25). The SMILES string of the molecule is CC(O)n1ccc2ncnc(Nc3ccc(OCc4ccccn4)c(Cl)c3)c21. The zero-order valence-corrected chi connectivity index (χ0v) is 15.8. The van der Waals surface area contributed by atoms with Crippen molar-refractivity contribution in [3.8, 4) is 5.75 Å². The average Bonchev–Trinajstić information content (AvgIpc) is 3.14. The fourth-order valence-electron chi connectivity index (χ4n) is 2.86. The Bertz CT molecular complexity index is 1100. The van der Waals surface area contributed by atoms with Crippen molar-refractivity contribution in [2.24, 2.45) is 0 Å². The van der Waals surface area contributed by atoms with E-state index in [0.717, 1.165) is 16.9 Å². The zero-order valence-electron chi connectivity index (χ0n) is 15.1. The van der Waals surface area contributed by atoms with E-state index in [4.69, 9.17) is 16.3 Å². The van der Waals surface area contributed by atoms with Crippen LogP contribution in [0.1, 0.15) is 18.8 Å². The first-order valence-electron chi connectivity index (χ1n) is 8.71. The van der Waals surface area contributed by atoms with Crippen LogP contribution in [-0.4, -0.2) is 24.6 Å². The van der Waals surface area contributed by atoms with Gasteiger partial charge in [0.1, 0.15) is 30.4 Å². The molecule has 1 atom stereocenters. The molecule has 28 heavy (non-hydrogen) atoms. The van der Waals surface area contributed by atoms with Gasteiger partial charge in [-0.2, -0.15) is 0 Å². The molecule has 0 spiro atoms. The maximum Gasteiger partial charge on any atom is 0.158 e. The van der Waals surface area contributed by atoms with Crippen molar-refractivity contribution >= 4 is 34.1 Å². The van der Waals surface area contributed by atoms with Gasteiger partial charge in [0.25, 0.3) is 0 Å². The largest absolute Gasteiger partial charge is 0.486 e. The van der Waals surface area contributed by atoms with E-state index in [2.05, 4.69) is 20.3 Å². The Labute approximate surface area is 166 Å². The van der Waals surface area contributed by atoms with E-state index in [1.54, 1.807) is 36.0 Å². The van der Waals surface area contributed by atoms with Gasteiger partial charge in [-0.15, -0.1) is 0 Å². The zero-order chi connectivity index (χ0) is 19.5. The molecular formula is C20H18ClN5O2. The fourth-order valence-corrected chi connectivity index (χ4v) is 3.10. The van der Waals surface area contributed by atoms with E-state index in [1.807, 2.05) is 30.3 Å². The summed E-state index contributed by atoms with van der Waals surface area (Å²) in [5.74, 6) is 1.15. The predicted octanol–water partition coefficient (Wildman–Crippen LogP) is 4.31. The lowest BCUT2D eigenvalue weighted by molar-refractivity contribution is 0.129. The van der Waals surface area contributed by atoms with Crippen LogP contribution in [0.2, 0.25) is 5.02 Å². The van der Waals surface area contributed by atoms with E-state index < -0.39 is 6.23 Å². The molecule has 3 heterocycles. The summed E-state index contributed by atoms with van der Waals surface area (Å²) in [6, 6.07) is 12.9. The van der Waals surface area contributed by atoms with Gasteiger partial charge < -0.3 is 19.7 Å². The molecule has 0 aliphatic carbocycles. The Morgan fingerprint density at radius 3 is 2.82 bits per heavy atom. The maximum atomic E-state index is 9.97. The summed E-state index contributed by atoms with van der Waals surface area (Å²) < 4.78 is 7.45. The molecule has 8 heteroatoms. The number of aromatic nitrogens is 4. The Hall–Kier alpha value is -3.16. The van der Waals surface area contributed by atoms with Crippen molar-refractivity contribution in [1.82, 2.24) is 19.5 Å². The summed E-state index contributed by atoms with van der Waals surface area (Å²) in [7, 11) is 0. The quantitative estimate of drug-likeness (QED) is 0.506. The van der Waals surface area contributed by atoms with E-state index in [-0.39, 0.29) is 0 Å². The van der Waals surface area contributed by atoms with Gasteiger partial charge in [-0.3, -0.25) is 4.98 Å². The topological polar surface area (TPSA) is 85.1 Å². The first-order chi connectivity index (χ1) is 13.6. The van der Waals surface area contributed by atoms with Crippen LogP contribution in [0, 0.1) is 0 Å². The smallest absolute Gasteiger partial charge is 0.158 e. The summed E-state index contributed by atoms with van der Waals surface area (Å²) in [6.07, 6.45) is 4.27. The summed E-state index contributed by atoms with van der Waals surface area (Å²) >= 11 is 6.38. The normalized spacial score (nSPS) is 12.1. The summed E-state index contributed by atoms with van der Waals surface area (Å²) in [4.78, 5) is 12.8. The Morgan fingerprint density at radius 2 is 2.07 bits per heavy atom. The lowest BCUT2D eigenvalue weighted by Gasteiger charge is -2.13. The lowest BCUT2D eigenvalue weighted by atomic mass is 10.3. The van der Waals surface area contributed by atoms with Gasteiger partial charge in [0, 0.05) is 18.1 Å². The van der Waals surface area contributed by atoms with Crippen LogP contribution in [0.25, 0.3) is 11.0 Å². The number of hydrogen-bond donors (Lipinski definition) is 2. The molecule has 142 valence electrons. The maximum absolute atomic E-state index is 9.97. The third-order valence-electron chi connectivity index (χ3n) is 4.20. The second-order valence-corrected chi connectivity index (χ2v) is 6.60. The van der Waals surface area contributed by atoms with Crippen molar-refractivity contribution in [3.63, 3.8) is 0 Å². The van der Waals surface area contributed by atoms with Gasteiger partial charge in [0.15, 0.2) is 5.82 Å². The van der Waals surface area contributed by atoms with Crippen molar-refractivity contribution in [2.45, 2.75) is 19.8 Å². The van der Waals surface area contributed by atoms with Gasteiger partial charge in [-0.05, 0) is 43.3 Å². The number of aliphatic hydroxyl groups excluding tert-OH is 1. The number of halogens is 1. The molecule has 0 fully saturated rings. The highest BCUT2D eigenvalue weighted by Crippen LogP contribution is 2.31. The molecule has 3 aromatic heterocycles. The Morgan fingerprint density at radius 1 is 1.18 bits per heavy atom. The van der Waals surface area contributed by atoms with Crippen LogP contribution in [0.4, 0.5) is 11.5 Å². The molecule has 0 bridgehead atoms. The van der Waals surface area contributed by atoms with Crippen LogP contribution < -0.4 is 10.1 Å². The third-order valence-corrected chi connectivity index (χ3v) is 4.50. The summed E-state index contributed by atoms with van der Waals surface area (Å²) in [5.41, 5.74) is 3.01. The molecule has 1 aromatic carbocycles. The van der Waals surface area contributed by atoms with Crippen molar-refractivity contribution in [3.05, 3.63) is 71.9 Å². The van der Waals surface area contributed by atoms with Gasteiger partial charge >= 0.3 is 0 Å². The number of nitrogens with zero attached hydrogens (tertiary/aromatic N) is 4. The van der Waals surface area contributed by atoms with Crippen LogP contribution >= 0.6 is 11.6 Å². The molecule has 1 unspecified atom stereocenters. The number of anilines is 2. The van der Waals surface area contributed by atoms with E-state index in [0.29, 0.717) is 28.7 Å². The highest BCUT2D eigenvalue weighted by Gasteiger charge is 2.13. The minimum absolute atomic E-state index is 0.335. The predicted molar refractivity (Wildman–Crippen MR) is 108 cm³/mol. The van der Waals surface area contributed by atoms with Gasteiger partial charge in [-0.1, -0.05) is 17.7 Å². The Balaban J connectivity index is 1.55. The second-order valence-electron chi connectivity index (χ2n) is 6.19. The number of pyridine rings is 1. The fraction of sp³-hybridized carbons (Fsp3) is 0.150. The van der Waals surface area contributed by atoms with Gasteiger partial charge in [0.2, 0.25) is 0 Å². The number of aliphatic hydroxyl groups is 1. The van der Waals surface area contributed by atoms with Crippen LogP contribution in [0.5, 0.6) is 5.75 Å². The summed E-state index contributed by atoms with van der Waals surface area (Å²) in [5, 5.41) is 13.7. The van der Waals surface area contributed by atoms with E-state index >= 15 is 0 Å². The number of hydrogen-bond acceptors (Lipinski definition) is 6. The number of fused-ring (bicyclic) bond motifs is 1. The molecule has 4 rings (SSSR count). The van der Waals surface area contributed by atoms with Crippen molar-refractivity contribution < 1.29 is 9.84 Å². The average molecular weight is 396 g/mol. The highest BCUT2D eigenvalue weighted by molar-refractivity contribution is 6.32. The third kappa shape index (κ3) is 3.76. The highest BCUT2D eigenvalue weighted by atomic mass is 35.5. The molecular weight excluding hydrogens is 378 g/mol. The van der Waals surface area contributed by atoms with Crippen molar-refractivity contribution in [1.29, 1.82) is 0 Å². The molecule has 0 aliphatic heterocycles. The molecule has 0 saturated heterocycles.